The number of ether oxygens (including phenoxy) is 1. The number of aliphatic hydroxyl groups is 1. The molecule has 5 rings (SSSR count). The number of benzene rings is 3. The van der Waals surface area contributed by atoms with Gasteiger partial charge in [-0.2, -0.15) is 0 Å². The van der Waals surface area contributed by atoms with Crippen LogP contribution in [-0.2, 0) is 14.4 Å². The van der Waals surface area contributed by atoms with Crippen LogP contribution in [0, 0.1) is 5.92 Å². The predicted octanol–water partition coefficient (Wildman–Crippen LogP) is 3.61. The van der Waals surface area contributed by atoms with Crippen LogP contribution >= 0.6 is 0 Å². The summed E-state index contributed by atoms with van der Waals surface area (Å²) in [4.78, 5) is 40.1. The minimum Gasteiger partial charge on any atom is -0.487 e. The summed E-state index contributed by atoms with van der Waals surface area (Å²) in [5.41, 5.74) is 2.08. The maximum absolute atomic E-state index is 13.8. The van der Waals surface area contributed by atoms with Crippen LogP contribution in [0.3, 0.4) is 0 Å². The molecule has 0 unspecified atom stereocenters. The van der Waals surface area contributed by atoms with Crippen LogP contribution in [0.15, 0.2) is 97.2 Å². The third-order valence-electron chi connectivity index (χ3n) is 6.48. The molecule has 8 heteroatoms. The van der Waals surface area contributed by atoms with Crippen molar-refractivity contribution in [3.05, 3.63) is 114 Å². The molecule has 3 aromatic carbocycles. The van der Waals surface area contributed by atoms with Crippen LogP contribution in [0.1, 0.15) is 36.6 Å². The Bertz CT molecular complexity index is 1350. The lowest BCUT2D eigenvalue weighted by atomic mass is 9.96. The molecule has 0 aromatic heterocycles. The quantitative estimate of drug-likeness (QED) is 0.357. The van der Waals surface area contributed by atoms with Crippen molar-refractivity contribution in [2.24, 2.45) is 5.92 Å². The van der Waals surface area contributed by atoms with E-state index in [0.717, 1.165) is 11.1 Å². The third-order valence-corrected chi connectivity index (χ3v) is 6.48. The molecule has 2 bridgehead atoms. The van der Waals surface area contributed by atoms with Gasteiger partial charge in [-0.3, -0.25) is 14.4 Å². The maximum Gasteiger partial charge on any atom is 0.249 e. The van der Waals surface area contributed by atoms with Gasteiger partial charge in [-0.25, -0.2) is 0 Å². The van der Waals surface area contributed by atoms with E-state index in [1.807, 2.05) is 56.3 Å². The lowest BCUT2D eigenvalue weighted by molar-refractivity contribution is -0.135. The molecule has 0 saturated heterocycles. The zero-order chi connectivity index (χ0) is 28.5. The molecular weight excluding hydrogens is 506 g/mol. The van der Waals surface area contributed by atoms with E-state index in [1.54, 1.807) is 54.6 Å². The third kappa shape index (κ3) is 7.45. The van der Waals surface area contributed by atoms with E-state index in [1.165, 1.54) is 12.3 Å². The van der Waals surface area contributed by atoms with E-state index < -0.39 is 42.0 Å². The van der Waals surface area contributed by atoms with Gasteiger partial charge in [0.05, 0.1) is 0 Å². The molecule has 2 aliphatic rings. The van der Waals surface area contributed by atoms with E-state index in [4.69, 9.17) is 4.74 Å². The average Bonchev–Trinajstić information content (AvgIpc) is 2.97. The standard InChI is InChI=1S/C32H33N3O5/c1-21(2)30-28(34-26(36)18-15-22-9-5-3-6-10-22)32(39)35-27(29(37)24-11-7-4-8-12-24)31(38)33-20-19-23-13-16-25(40-30)17-14-23/h3-21,27-30,37H,1-2H3,(H,33,38)(H,34,36)(H,35,39)/b18-15-,20-19+/t27-,28+,29-,30+/m1/s1. The predicted molar refractivity (Wildman–Crippen MR) is 154 cm³/mol. The molecule has 206 valence electrons. The van der Waals surface area contributed by atoms with Gasteiger partial charge in [0, 0.05) is 12.3 Å². The van der Waals surface area contributed by atoms with Crippen molar-refractivity contribution in [1.82, 2.24) is 16.0 Å². The Hall–Kier alpha value is -4.69. The minimum absolute atomic E-state index is 0.215. The fourth-order valence-electron chi connectivity index (χ4n) is 4.32. The summed E-state index contributed by atoms with van der Waals surface area (Å²) >= 11 is 0. The molecule has 0 spiro atoms. The van der Waals surface area contributed by atoms with Crippen LogP contribution in [0.5, 0.6) is 5.75 Å². The molecule has 2 heterocycles. The lowest BCUT2D eigenvalue weighted by Crippen LogP contribution is -2.60. The summed E-state index contributed by atoms with van der Waals surface area (Å²) in [6.07, 6.45) is 3.98. The average molecular weight is 540 g/mol. The van der Waals surface area contributed by atoms with Crippen molar-refractivity contribution in [3.63, 3.8) is 0 Å². The molecule has 0 aliphatic carbocycles. The van der Waals surface area contributed by atoms with E-state index in [9.17, 15) is 19.5 Å². The van der Waals surface area contributed by atoms with Crippen LogP contribution in [0.4, 0.5) is 0 Å². The van der Waals surface area contributed by atoms with Crippen LogP contribution in [-0.4, -0.2) is 41.0 Å². The first-order valence-electron chi connectivity index (χ1n) is 13.1. The number of nitrogens with one attached hydrogen (secondary N) is 3. The number of hydrogen-bond donors (Lipinski definition) is 4. The van der Waals surface area contributed by atoms with Gasteiger partial charge in [0.2, 0.25) is 17.7 Å². The molecule has 0 fully saturated rings. The first-order chi connectivity index (χ1) is 19.3. The van der Waals surface area contributed by atoms with Gasteiger partial charge in [-0.15, -0.1) is 0 Å². The molecule has 2 aliphatic heterocycles. The van der Waals surface area contributed by atoms with Gasteiger partial charge in [0.15, 0.2) is 0 Å². The van der Waals surface area contributed by atoms with Gasteiger partial charge >= 0.3 is 0 Å². The Morgan fingerprint density at radius 2 is 1.57 bits per heavy atom. The van der Waals surface area contributed by atoms with Crippen molar-refractivity contribution in [2.75, 3.05) is 0 Å². The lowest BCUT2D eigenvalue weighted by Gasteiger charge is -2.32. The summed E-state index contributed by atoms with van der Waals surface area (Å²) in [7, 11) is 0. The first kappa shape index (κ1) is 28.3. The smallest absolute Gasteiger partial charge is 0.249 e. The van der Waals surface area contributed by atoms with Crippen molar-refractivity contribution in [1.29, 1.82) is 0 Å². The van der Waals surface area contributed by atoms with Gasteiger partial charge in [-0.05, 0) is 46.9 Å². The highest BCUT2D eigenvalue weighted by molar-refractivity contribution is 5.97. The second kappa shape index (κ2) is 13.4. The summed E-state index contributed by atoms with van der Waals surface area (Å²) in [6, 6.07) is 22.5. The normalized spacial score (nSPS) is 21.1. The largest absolute Gasteiger partial charge is 0.487 e. The first-order valence-corrected chi connectivity index (χ1v) is 13.1. The number of hydrogen-bond acceptors (Lipinski definition) is 5. The highest BCUT2D eigenvalue weighted by Gasteiger charge is 2.38. The summed E-state index contributed by atoms with van der Waals surface area (Å²) in [6.45, 7) is 3.75. The topological polar surface area (TPSA) is 117 Å². The van der Waals surface area contributed by atoms with Crippen LogP contribution in [0.25, 0.3) is 12.2 Å². The summed E-state index contributed by atoms with van der Waals surface area (Å²) < 4.78 is 6.24. The van der Waals surface area contributed by atoms with Gasteiger partial charge in [0.1, 0.15) is 30.0 Å². The van der Waals surface area contributed by atoms with Crippen molar-refractivity contribution in [2.45, 2.75) is 38.1 Å². The number of rotatable bonds is 6. The Labute approximate surface area is 233 Å². The van der Waals surface area contributed by atoms with Crippen molar-refractivity contribution < 1.29 is 24.2 Å². The Morgan fingerprint density at radius 1 is 0.925 bits per heavy atom. The van der Waals surface area contributed by atoms with Crippen molar-refractivity contribution in [3.8, 4) is 5.75 Å². The van der Waals surface area contributed by atoms with Crippen LogP contribution < -0.4 is 20.7 Å². The van der Waals surface area contributed by atoms with Crippen LogP contribution in [0.2, 0.25) is 0 Å². The minimum atomic E-state index is -1.35. The molecule has 4 atom stereocenters. The highest BCUT2D eigenvalue weighted by Crippen LogP contribution is 2.22. The Morgan fingerprint density at radius 3 is 2.23 bits per heavy atom. The second-order valence-electron chi connectivity index (χ2n) is 9.81. The zero-order valence-corrected chi connectivity index (χ0v) is 22.4. The van der Waals surface area contributed by atoms with Gasteiger partial charge < -0.3 is 25.8 Å². The van der Waals surface area contributed by atoms with Crippen molar-refractivity contribution >= 4 is 29.9 Å². The number of amides is 3. The van der Waals surface area contributed by atoms with Gasteiger partial charge in [0.25, 0.3) is 0 Å². The second-order valence-corrected chi connectivity index (χ2v) is 9.81. The number of aliphatic hydroxyl groups excluding tert-OH is 1. The fourth-order valence-corrected chi connectivity index (χ4v) is 4.32. The fraction of sp³-hybridized carbons (Fsp3) is 0.219. The van der Waals surface area contributed by atoms with E-state index in [0.29, 0.717) is 11.3 Å². The number of carbonyl (C=O) groups is 3. The Balaban J connectivity index is 1.69. The van der Waals surface area contributed by atoms with E-state index >= 15 is 0 Å². The van der Waals surface area contributed by atoms with E-state index in [2.05, 4.69) is 16.0 Å². The summed E-state index contributed by atoms with van der Waals surface area (Å²) in [5, 5.41) is 19.2. The zero-order valence-electron chi connectivity index (χ0n) is 22.4. The Kier molecular flexibility index (Phi) is 9.48. The molecule has 3 aromatic rings. The van der Waals surface area contributed by atoms with Gasteiger partial charge in [-0.1, -0.05) is 86.6 Å². The molecular formula is C32H33N3O5. The van der Waals surface area contributed by atoms with E-state index in [-0.39, 0.29) is 5.92 Å². The number of carbonyl (C=O) groups excluding carboxylic acids is 3. The molecule has 0 saturated carbocycles. The molecule has 0 radical (unpaired) electrons. The monoisotopic (exact) mass is 539 g/mol. The summed E-state index contributed by atoms with van der Waals surface area (Å²) in [5.74, 6) is -1.50. The molecule has 4 N–H and O–H groups in total. The molecule has 40 heavy (non-hydrogen) atoms. The SMILES string of the molecule is CC(C)[C@@H]1Oc2ccc(cc2)/C=C/NC(=O)[C@@H]([C@H](O)c2ccccc2)NC(=O)[C@H]1NC(=O)/C=C\c1ccccc1. The highest BCUT2D eigenvalue weighted by atomic mass is 16.5. The molecule has 3 amide bonds. The number of fused-ring (bicyclic) bond motifs is 10. The molecule has 8 nitrogen and oxygen atoms in total. The maximum atomic E-state index is 13.8.